The third-order valence-corrected chi connectivity index (χ3v) is 3.52. The van der Waals surface area contributed by atoms with Crippen LogP contribution in [0.15, 0.2) is 18.2 Å². The summed E-state index contributed by atoms with van der Waals surface area (Å²) in [5, 5.41) is 0.904. The van der Waals surface area contributed by atoms with Gasteiger partial charge in [-0.05, 0) is 30.2 Å². The molecular weight excluding hydrogens is 206 g/mol. The molecule has 0 radical (unpaired) electrons. The summed E-state index contributed by atoms with van der Waals surface area (Å²) in [4.78, 5) is 2.34. The molecule has 1 aliphatic heterocycles. The summed E-state index contributed by atoms with van der Waals surface area (Å²) in [6.07, 6.45) is 0. The van der Waals surface area contributed by atoms with Gasteiger partial charge in [0.15, 0.2) is 0 Å². The Morgan fingerprint density at radius 1 is 1.33 bits per heavy atom. The molecule has 15 heavy (non-hydrogen) atoms. The van der Waals surface area contributed by atoms with Gasteiger partial charge in [0.25, 0.3) is 0 Å². The average molecular weight is 224 g/mol. The van der Waals surface area contributed by atoms with Crippen molar-refractivity contribution in [3.05, 3.63) is 34.3 Å². The van der Waals surface area contributed by atoms with Gasteiger partial charge in [-0.1, -0.05) is 37.6 Å². The highest BCUT2D eigenvalue weighted by molar-refractivity contribution is 6.31. The molecule has 1 aromatic carbocycles. The average Bonchev–Trinajstić information content (AvgIpc) is 2.14. The molecule has 0 unspecified atom stereocenters. The summed E-state index contributed by atoms with van der Waals surface area (Å²) in [7, 11) is 2.16. The van der Waals surface area contributed by atoms with Crippen molar-refractivity contribution in [1.82, 2.24) is 4.90 Å². The van der Waals surface area contributed by atoms with Crippen LogP contribution in [0, 0.1) is 0 Å². The van der Waals surface area contributed by atoms with E-state index in [4.69, 9.17) is 11.6 Å². The fraction of sp³-hybridized carbons (Fsp3) is 0.538. The topological polar surface area (TPSA) is 3.24 Å². The molecule has 0 amide bonds. The van der Waals surface area contributed by atoms with E-state index < -0.39 is 0 Å². The van der Waals surface area contributed by atoms with Crippen molar-refractivity contribution < 1.29 is 0 Å². The van der Waals surface area contributed by atoms with Crippen LogP contribution in [0.5, 0.6) is 0 Å². The number of likely N-dealkylation sites (tertiary alicyclic amines) is 1. The van der Waals surface area contributed by atoms with Crippen molar-refractivity contribution in [1.29, 1.82) is 0 Å². The van der Waals surface area contributed by atoms with E-state index in [1.807, 2.05) is 6.07 Å². The third-order valence-electron chi connectivity index (χ3n) is 3.18. The van der Waals surface area contributed by atoms with Crippen molar-refractivity contribution >= 4 is 11.6 Å². The van der Waals surface area contributed by atoms with Crippen molar-refractivity contribution in [2.75, 3.05) is 20.1 Å². The number of hydrogen-bond acceptors (Lipinski definition) is 1. The summed E-state index contributed by atoms with van der Waals surface area (Å²) < 4.78 is 0. The largest absolute Gasteiger partial charge is 0.305 e. The maximum Gasteiger partial charge on any atom is 0.0440 e. The third kappa shape index (κ3) is 2.19. The van der Waals surface area contributed by atoms with Crippen molar-refractivity contribution in [3.63, 3.8) is 0 Å². The molecule has 0 saturated carbocycles. The molecule has 0 atom stereocenters. The lowest BCUT2D eigenvalue weighted by atomic mass is 9.89. The minimum atomic E-state index is 0.509. The Kier molecular flexibility index (Phi) is 3.03. The SMILES string of the molecule is CC(C)c1cc(C2CN(C)C2)ccc1Cl. The van der Waals surface area contributed by atoms with E-state index in [0.29, 0.717) is 11.8 Å². The first-order valence-electron chi connectivity index (χ1n) is 5.56. The fourth-order valence-corrected chi connectivity index (χ4v) is 2.50. The van der Waals surface area contributed by atoms with E-state index in [9.17, 15) is 0 Å². The Hall–Kier alpha value is -0.530. The fourth-order valence-electron chi connectivity index (χ4n) is 2.17. The smallest absolute Gasteiger partial charge is 0.0440 e. The molecule has 2 rings (SSSR count). The minimum Gasteiger partial charge on any atom is -0.305 e. The maximum atomic E-state index is 6.18. The monoisotopic (exact) mass is 223 g/mol. The molecular formula is C13H18ClN. The Morgan fingerprint density at radius 2 is 2.00 bits per heavy atom. The second-order valence-electron chi connectivity index (χ2n) is 4.85. The molecule has 1 saturated heterocycles. The van der Waals surface area contributed by atoms with E-state index in [2.05, 4.69) is 37.9 Å². The first-order valence-corrected chi connectivity index (χ1v) is 5.93. The summed E-state index contributed by atoms with van der Waals surface area (Å²) >= 11 is 6.18. The van der Waals surface area contributed by atoms with Gasteiger partial charge in [-0.3, -0.25) is 0 Å². The molecule has 1 heterocycles. The van der Waals surface area contributed by atoms with Gasteiger partial charge in [-0.25, -0.2) is 0 Å². The Morgan fingerprint density at radius 3 is 2.53 bits per heavy atom. The highest BCUT2D eigenvalue weighted by Crippen LogP contribution is 2.31. The van der Waals surface area contributed by atoms with E-state index in [0.717, 1.165) is 5.02 Å². The van der Waals surface area contributed by atoms with E-state index in [1.54, 1.807) is 0 Å². The van der Waals surface area contributed by atoms with Crippen LogP contribution < -0.4 is 0 Å². The van der Waals surface area contributed by atoms with E-state index in [1.165, 1.54) is 24.2 Å². The predicted molar refractivity (Wildman–Crippen MR) is 65.8 cm³/mol. The zero-order chi connectivity index (χ0) is 11.0. The molecule has 82 valence electrons. The first kappa shape index (κ1) is 11.0. The van der Waals surface area contributed by atoms with Crippen LogP contribution in [0.1, 0.15) is 36.8 Å². The summed E-state index contributed by atoms with van der Waals surface area (Å²) in [6.45, 7) is 6.74. The molecule has 0 spiro atoms. The van der Waals surface area contributed by atoms with Gasteiger partial charge in [-0.15, -0.1) is 0 Å². The Bertz CT molecular complexity index is 354. The van der Waals surface area contributed by atoms with Crippen molar-refractivity contribution in [2.45, 2.75) is 25.7 Å². The van der Waals surface area contributed by atoms with Gasteiger partial charge in [-0.2, -0.15) is 0 Å². The molecule has 0 bridgehead atoms. The highest BCUT2D eigenvalue weighted by Gasteiger charge is 2.25. The lowest BCUT2D eigenvalue weighted by Gasteiger charge is -2.36. The molecule has 0 aromatic heterocycles. The number of nitrogens with zero attached hydrogens (tertiary/aromatic N) is 1. The van der Waals surface area contributed by atoms with Crippen LogP contribution in [0.2, 0.25) is 5.02 Å². The molecule has 1 aromatic rings. The number of hydrogen-bond donors (Lipinski definition) is 0. The summed E-state index contributed by atoms with van der Waals surface area (Å²) in [5.74, 6) is 1.22. The first-order chi connectivity index (χ1) is 7.08. The van der Waals surface area contributed by atoms with Crippen LogP contribution in [0.25, 0.3) is 0 Å². The van der Waals surface area contributed by atoms with Crippen LogP contribution in [0.3, 0.4) is 0 Å². The van der Waals surface area contributed by atoms with Gasteiger partial charge >= 0.3 is 0 Å². The number of benzene rings is 1. The van der Waals surface area contributed by atoms with Gasteiger partial charge in [0.2, 0.25) is 0 Å². The molecule has 2 heteroatoms. The predicted octanol–water partition coefficient (Wildman–Crippen LogP) is 3.49. The van der Waals surface area contributed by atoms with Gasteiger partial charge in [0, 0.05) is 24.0 Å². The van der Waals surface area contributed by atoms with Gasteiger partial charge < -0.3 is 4.90 Å². The standard InChI is InChI=1S/C13H18ClN/c1-9(2)12-6-10(4-5-13(12)14)11-7-15(3)8-11/h4-6,9,11H,7-8H2,1-3H3. The van der Waals surface area contributed by atoms with Crippen LogP contribution in [0.4, 0.5) is 0 Å². The zero-order valence-corrected chi connectivity index (χ0v) is 10.4. The van der Waals surface area contributed by atoms with Crippen LogP contribution in [-0.2, 0) is 0 Å². The molecule has 1 aliphatic rings. The number of rotatable bonds is 2. The minimum absolute atomic E-state index is 0.509. The van der Waals surface area contributed by atoms with E-state index in [-0.39, 0.29) is 0 Å². The van der Waals surface area contributed by atoms with Crippen molar-refractivity contribution in [2.24, 2.45) is 0 Å². The van der Waals surface area contributed by atoms with Crippen molar-refractivity contribution in [3.8, 4) is 0 Å². The number of halogens is 1. The van der Waals surface area contributed by atoms with Crippen LogP contribution in [-0.4, -0.2) is 25.0 Å². The zero-order valence-electron chi connectivity index (χ0n) is 9.63. The summed E-state index contributed by atoms with van der Waals surface area (Å²) in [5.41, 5.74) is 2.73. The summed E-state index contributed by atoms with van der Waals surface area (Å²) in [6, 6.07) is 6.50. The molecule has 0 aliphatic carbocycles. The maximum absolute atomic E-state index is 6.18. The quantitative estimate of drug-likeness (QED) is 0.742. The molecule has 1 fully saturated rings. The number of likely N-dealkylation sites (N-methyl/N-ethyl adjacent to an activating group) is 1. The van der Waals surface area contributed by atoms with Crippen LogP contribution >= 0.6 is 11.6 Å². The Labute approximate surface area is 97.0 Å². The van der Waals surface area contributed by atoms with Gasteiger partial charge in [0.1, 0.15) is 0 Å². The second-order valence-corrected chi connectivity index (χ2v) is 5.26. The lowest BCUT2D eigenvalue weighted by molar-refractivity contribution is 0.189. The molecule has 0 N–H and O–H groups in total. The Balaban J connectivity index is 2.23. The normalized spacial score (nSPS) is 18.2. The molecule has 1 nitrogen and oxygen atoms in total. The second kappa shape index (κ2) is 4.15. The van der Waals surface area contributed by atoms with Gasteiger partial charge in [0.05, 0.1) is 0 Å². The van der Waals surface area contributed by atoms with E-state index >= 15 is 0 Å². The lowest BCUT2D eigenvalue weighted by Crippen LogP contribution is -2.41. The highest BCUT2D eigenvalue weighted by atomic mass is 35.5.